The Labute approximate surface area is 77.2 Å². The van der Waals surface area contributed by atoms with Gasteiger partial charge in [-0.15, -0.1) is 0 Å². The number of rotatable bonds is 3. The first-order valence-corrected chi connectivity index (χ1v) is 4.22. The molecule has 1 aromatic carbocycles. The molecule has 0 saturated heterocycles. The molecule has 3 N–H and O–H groups in total. The molecule has 0 heterocycles. The summed E-state index contributed by atoms with van der Waals surface area (Å²) in [6, 6.07) is 6.15. The lowest BCUT2D eigenvalue weighted by molar-refractivity contribution is 0.247. The van der Waals surface area contributed by atoms with E-state index >= 15 is 0 Å². The van der Waals surface area contributed by atoms with Gasteiger partial charge in [0.2, 0.25) is 0 Å². The van der Waals surface area contributed by atoms with Crippen molar-refractivity contribution in [1.29, 1.82) is 0 Å². The molecule has 1 atom stereocenters. The number of aliphatic hydroxyl groups is 1. The van der Waals surface area contributed by atoms with Gasteiger partial charge in [-0.2, -0.15) is 0 Å². The van der Waals surface area contributed by atoms with Crippen molar-refractivity contribution in [2.24, 2.45) is 5.73 Å². The molecule has 0 unspecified atom stereocenters. The molecule has 0 aliphatic carbocycles. The first-order valence-electron chi connectivity index (χ1n) is 4.22. The number of benzene rings is 1. The predicted octanol–water partition coefficient (Wildman–Crippen LogP) is 1.38. The molecule has 0 spiro atoms. The van der Waals surface area contributed by atoms with Crippen LogP contribution in [0.3, 0.4) is 0 Å². The van der Waals surface area contributed by atoms with Crippen LogP contribution in [0.5, 0.6) is 0 Å². The number of hydrogen-bond donors (Lipinski definition) is 2. The van der Waals surface area contributed by atoms with Crippen LogP contribution in [0, 0.1) is 5.82 Å². The van der Waals surface area contributed by atoms with E-state index in [0.717, 1.165) is 0 Å². The Hall–Kier alpha value is -0.930. The quantitative estimate of drug-likeness (QED) is 0.743. The fourth-order valence-electron chi connectivity index (χ4n) is 1.22. The highest BCUT2D eigenvalue weighted by Gasteiger charge is 2.20. The van der Waals surface area contributed by atoms with Crippen LogP contribution >= 0.6 is 0 Å². The van der Waals surface area contributed by atoms with Crippen molar-refractivity contribution >= 4 is 0 Å². The summed E-state index contributed by atoms with van der Waals surface area (Å²) in [4.78, 5) is 0. The third-order valence-electron chi connectivity index (χ3n) is 2.12. The van der Waals surface area contributed by atoms with Crippen LogP contribution in [0.1, 0.15) is 18.9 Å². The fraction of sp³-hybridized carbons (Fsp3) is 0.400. The number of nitrogens with two attached hydrogens (primary N) is 1. The predicted molar refractivity (Wildman–Crippen MR) is 49.6 cm³/mol. The normalized spacial score (nSPS) is 15.4. The second-order valence-corrected chi connectivity index (χ2v) is 3.40. The molecular formula is C10H14FNO. The van der Waals surface area contributed by atoms with E-state index in [-0.39, 0.29) is 12.4 Å². The summed E-state index contributed by atoms with van der Waals surface area (Å²) in [6.07, 6.45) is 0.427. The Bertz CT molecular complexity index is 286. The molecule has 0 radical (unpaired) electrons. The van der Waals surface area contributed by atoms with Crippen LogP contribution in [-0.4, -0.2) is 11.7 Å². The van der Waals surface area contributed by atoms with Crippen molar-refractivity contribution in [2.75, 3.05) is 6.61 Å². The smallest absolute Gasteiger partial charge is 0.123 e. The Kier molecular flexibility index (Phi) is 3.01. The van der Waals surface area contributed by atoms with Crippen LogP contribution in [0.2, 0.25) is 0 Å². The van der Waals surface area contributed by atoms with Gasteiger partial charge in [0.1, 0.15) is 5.82 Å². The van der Waals surface area contributed by atoms with E-state index in [4.69, 9.17) is 10.8 Å². The van der Waals surface area contributed by atoms with E-state index in [1.165, 1.54) is 12.1 Å². The van der Waals surface area contributed by atoms with E-state index in [0.29, 0.717) is 12.0 Å². The maximum Gasteiger partial charge on any atom is 0.123 e. The standard InChI is InChI=1S/C10H14FNO/c1-10(12,5-6-13)8-3-2-4-9(11)7-8/h2-4,7,13H,5-6,12H2,1H3/t10-/m0/s1. The van der Waals surface area contributed by atoms with Crippen molar-refractivity contribution in [3.63, 3.8) is 0 Å². The van der Waals surface area contributed by atoms with Gasteiger partial charge in [0, 0.05) is 12.1 Å². The number of hydrogen-bond acceptors (Lipinski definition) is 2. The molecule has 72 valence electrons. The second-order valence-electron chi connectivity index (χ2n) is 3.40. The highest BCUT2D eigenvalue weighted by Crippen LogP contribution is 2.21. The lowest BCUT2D eigenvalue weighted by Crippen LogP contribution is -2.34. The molecule has 0 saturated carbocycles. The lowest BCUT2D eigenvalue weighted by atomic mass is 9.90. The average molecular weight is 183 g/mol. The average Bonchev–Trinajstić information content (AvgIpc) is 2.04. The van der Waals surface area contributed by atoms with Gasteiger partial charge in [-0.25, -0.2) is 4.39 Å². The fourth-order valence-corrected chi connectivity index (χ4v) is 1.22. The van der Waals surface area contributed by atoms with Crippen molar-refractivity contribution < 1.29 is 9.50 Å². The molecule has 2 nitrogen and oxygen atoms in total. The highest BCUT2D eigenvalue weighted by molar-refractivity contribution is 5.23. The molecule has 0 aliphatic rings. The van der Waals surface area contributed by atoms with Gasteiger partial charge in [0.15, 0.2) is 0 Å². The van der Waals surface area contributed by atoms with Crippen molar-refractivity contribution in [2.45, 2.75) is 18.9 Å². The zero-order chi connectivity index (χ0) is 9.90. The van der Waals surface area contributed by atoms with E-state index in [1.54, 1.807) is 19.1 Å². The van der Waals surface area contributed by atoms with Crippen molar-refractivity contribution in [1.82, 2.24) is 0 Å². The molecule has 0 bridgehead atoms. The van der Waals surface area contributed by atoms with Crippen LogP contribution in [0.25, 0.3) is 0 Å². The largest absolute Gasteiger partial charge is 0.396 e. The monoisotopic (exact) mass is 183 g/mol. The second kappa shape index (κ2) is 3.85. The minimum absolute atomic E-state index is 0.00349. The van der Waals surface area contributed by atoms with Gasteiger partial charge in [-0.3, -0.25) is 0 Å². The molecule has 0 aliphatic heterocycles. The minimum atomic E-state index is -0.656. The van der Waals surface area contributed by atoms with Gasteiger partial charge in [-0.05, 0) is 31.0 Å². The van der Waals surface area contributed by atoms with Crippen LogP contribution in [-0.2, 0) is 5.54 Å². The van der Waals surface area contributed by atoms with Gasteiger partial charge < -0.3 is 10.8 Å². The Morgan fingerprint density at radius 3 is 2.77 bits per heavy atom. The Morgan fingerprint density at radius 1 is 1.54 bits per heavy atom. The van der Waals surface area contributed by atoms with Gasteiger partial charge in [0.25, 0.3) is 0 Å². The van der Waals surface area contributed by atoms with E-state index in [9.17, 15) is 4.39 Å². The molecule has 0 amide bonds. The molecule has 13 heavy (non-hydrogen) atoms. The summed E-state index contributed by atoms with van der Waals surface area (Å²) in [5.41, 5.74) is 5.94. The maximum atomic E-state index is 12.8. The molecular weight excluding hydrogens is 169 g/mol. The van der Waals surface area contributed by atoms with E-state index in [2.05, 4.69) is 0 Å². The molecule has 0 aromatic heterocycles. The summed E-state index contributed by atoms with van der Waals surface area (Å²) in [5, 5.41) is 8.76. The topological polar surface area (TPSA) is 46.2 Å². The SMILES string of the molecule is C[C@](N)(CCO)c1cccc(F)c1. The van der Waals surface area contributed by atoms with Crippen molar-refractivity contribution in [3.8, 4) is 0 Å². The van der Waals surface area contributed by atoms with Gasteiger partial charge in [-0.1, -0.05) is 12.1 Å². The first-order chi connectivity index (χ1) is 6.06. The summed E-state index contributed by atoms with van der Waals surface area (Å²) in [7, 11) is 0. The van der Waals surface area contributed by atoms with E-state index in [1.807, 2.05) is 0 Å². The summed E-state index contributed by atoms with van der Waals surface area (Å²) < 4.78 is 12.8. The maximum absolute atomic E-state index is 12.8. The first kappa shape index (κ1) is 10.2. The molecule has 1 aromatic rings. The lowest BCUT2D eigenvalue weighted by Gasteiger charge is -2.24. The van der Waals surface area contributed by atoms with Gasteiger partial charge in [0.05, 0.1) is 0 Å². The zero-order valence-electron chi connectivity index (χ0n) is 7.63. The van der Waals surface area contributed by atoms with Gasteiger partial charge >= 0.3 is 0 Å². The summed E-state index contributed by atoms with van der Waals surface area (Å²) >= 11 is 0. The van der Waals surface area contributed by atoms with Crippen LogP contribution in [0.4, 0.5) is 4.39 Å². The Balaban J connectivity index is 2.93. The van der Waals surface area contributed by atoms with Crippen LogP contribution in [0.15, 0.2) is 24.3 Å². The minimum Gasteiger partial charge on any atom is -0.396 e. The molecule has 0 fully saturated rings. The zero-order valence-corrected chi connectivity index (χ0v) is 7.63. The third kappa shape index (κ3) is 2.50. The van der Waals surface area contributed by atoms with Crippen LogP contribution < -0.4 is 5.73 Å². The molecule has 3 heteroatoms. The summed E-state index contributed by atoms with van der Waals surface area (Å²) in [6.45, 7) is 1.78. The number of aliphatic hydroxyl groups excluding tert-OH is 1. The third-order valence-corrected chi connectivity index (χ3v) is 2.12. The highest BCUT2D eigenvalue weighted by atomic mass is 19.1. The Morgan fingerprint density at radius 2 is 2.23 bits per heavy atom. The summed E-state index contributed by atoms with van der Waals surface area (Å²) in [5.74, 6) is -0.299. The molecule has 1 rings (SSSR count). The number of halogens is 1. The van der Waals surface area contributed by atoms with E-state index < -0.39 is 5.54 Å². The van der Waals surface area contributed by atoms with Crippen molar-refractivity contribution in [3.05, 3.63) is 35.6 Å².